The van der Waals surface area contributed by atoms with Crippen molar-refractivity contribution in [2.45, 2.75) is 53.6 Å². The molecule has 0 aromatic heterocycles. The quantitative estimate of drug-likeness (QED) is 0.699. The molecule has 0 unspecified atom stereocenters. The molecule has 0 aliphatic heterocycles. The summed E-state index contributed by atoms with van der Waals surface area (Å²) in [5, 5.41) is 2.84. The maximum Gasteiger partial charge on any atom is 0.261 e. The molecule has 2 amide bonds. The molecule has 2 aromatic carbocycles. The van der Waals surface area contributed by atoms with Gasteiger partial charge in [0.1, 0.15) is 11.8 Å². The summed E-state index contributed by atoms with van der Waals surface area (Å²) in [6.07, 6.45) is 0.535. The van der Waals surface area contributed by atoms with Crippen molar-refractivity contribution < 1.29 is 14.3 Å². The van der Waals surface area contributed by atoms with Crippen LogP contribution in [-0.2, 0) is 16.1 Å². The number of carbonyl (C=O) groups excluding carboxylic acids is 2. The maximum absolute atomic E-state index is 13.1. The zero-order valence-corrected chi connectivity index (χ0v) is 18.1. The Morgan fingerprint density at radius 2 is 1.59 bits per heavy atom. The first-order valence-corrected chi connectivity index (χ1v) is 10.2. The summed E-state index contributed by atoms with van der Waals surface area (Å²) in [6.45, 7) is 10.6. The van der Waals surface area contributed by atoms with Crippen molar-refractivity contribution in [2.24, 2.45) is 0 Å². The van der Waals surface area contributed by atoms with Crippen LogP contribution in [0, 0.1) is 20.8 Å². The third-order valence-corrected chi connectivity index (χ3v) is 4.77. The van der Waals surface area contributed by atoms with Crippen molar-refractivity contribution in [2.75, 3.05) is 13.2 Å². The summed E-state index contributed by atoms with van der Waals surface area (Å²) in [5.41, 5.74) is 4.30. The second-order valence-electron chi connectivity index (χ2n) is 7.44. The van der Waals surface area contributed by atoms with Crippen molar-refractivity contribution in [3.05, 3.63) is 64.7 Å². The van der Waals surface area contributed by atoms with Crippen LogP contribution in [-0.4, -0.2) is 35.9 Å². The van der Waals surface area contributed by atoms with Crippen LogP contribution in [0.15, 0.2) is 42.5 Å². The predicted octanol–water partition coefficient (Wildman–Crippen LogP) is 3.93. The number of likely N-dealkylation sites (N-methyl/N-ethyl adjacent to an activating group) is 1. The van der Waals surface area contributed by atoms with Crippen LogP contribution in [0.2, 0.25) is 0 Å². The van der Waals surface area contributed by atoms with Gasteiger partial charge in [0.05, 0.1) is 0 Å². The standard InChI is InChI=1S/C24H32N2O3/c1-6-22(24(28)25-7-2)26(15-20-10-8-17(3)9-11-20)23(27)16-29-21-13-18(4)12-19(5)14-21/h8-14,22H,6-7,15-16H2,1-5H3,(H,25,28)/t22-/m1/s1. The average molecular weight is 397 g/mol. The Morgan fingerprint density at radius 1 is 0.966 bits per heavy atom. The largest absolute Gasteiger partial charge is 0.484 e. The smallest absolute Gasteiger partial charge is 0.261 e. The first-order chi connectivity index (χ1) is 13.8. The number of amides is 2. The summed E-state index contributed by atoms with van der Waals surface area (Å²) in [5.74, 6) is 0.321. The molecule has 0 saturated heterocycles. The number of nitrogens with zero attached hydrogens (tertiary/aromatic N) is 1. The summed E-state index contributed by atoms with van der Waals surface area (Å²) in [7, 11) is 0. The van der Waals surface area contributed by atoms with Gasteiger partial charge in [-0.1, -0.05) is 42.8 Å². The van der Waals surface area contributed by atoms with Gasteiger partial charge < -0.3 is 15.0 Å². The van der Waals surface area contributed by atoms with Gasteiger partial charge in [-0.15, -0.1) is 0 Å². The van der Waals surface area contributed by atoms with Crippen molar-refractivity contribution >= 4 is 11.8 Å². The van der Waals surface area contributed by atoms with Crippen LogP contribution >= 0.6 is 0 Å². The highest BCUT2D eigenvalue weighted by atomic mass is 16.5. The van der Waals surface area contributed by atoms with E-state index in [1.54, 1.807) is 4.90 Å². The second-order valence-corrected chi connectivity index (χ2v) is 7.44. The van der Waals surface area contributed by atoms with E-state index in [-0.39, 0.29) is 18.4 Å². The third-order valence-electron chi connectivity index (χ3n) is 4.77. The topological polar surface area (TPSA) is 58.6 Å². The van der Waals surface area contributed by atoms with Crippen LogP contribution in [0.1, 0.15) is 42.5 Å². The highest BCUT2D eigenvalue weighted by molar-refractivity contribution is 5.88. The summed E-state index contributed by atoms with van der Waals surface area (Å²) in [6, 6.07) is 13.3. The van der Waals surface area contributed by atoms with Gasteiger partial charge in [-0.3, -0.25) is 9.59 Å². The molecular formula is C24H32N2O3. The number of rotatable bonds is 9. The minimum absolute atomic E-state index is 0.106. The van der Waals surface area contributed by atoms with E-state index in [2.05, 4.69) is 11.4 Å². The Morgan fingerprint density at radius 3 is 2.14 bits per heavy atom. The molecule has 0 fully saturated rings. The fourth-order valence-electron chi connectivity index (χ4n) is 3.35. The van der Waals surface area contributed by atoms with Crippen LogP contribution in [0.4, 0.5) is 0 Å². The summed E-state index contributed by atoms with van der Waals surface area (Å²) < 4.78 is 5.78. The molecule has 0 heterocycles. The van der Waals surface area contributed by atoms with Crippen molar-refractivity contribution in [1.82, 2.24) is 10.2 Å². The molecular weight excluding hydrogens is 364 g/mol. The Bertz CT molecular complexity index is 810. The van der Waals surface area contributed by atoms with Gasteiger partial charge in [-0.2, -0.15) is 0 Å². The number of nitrogens with one attached hydrogen (secondary N) is 1. The van der Waals surface area contributed by atoms with Gasteiger partial charge in [0.15, 0.2) is 6.61 Å². The van der Waals surface area contributed by atoms with Gasteiger partial charge in [0.2, 0.25) is 5.91 Å². The normalized spacial score (nSPS) is 11.6. The van der Waals surface area contributed by atoms with E-state index in [9.17, 15) is 9.59 Å². The molecule has 156 valence electrons. The van der Waals surface area contributed by atoms with Crippen molar-refractivity contribution in [3.63, 3.8) is 0 Å². The van der Waals surface area contributed by atoms with E-state index in [1.807, 2.05) is 71.0 Å². The zero-order valence-electron chi connectivity index (χ0n) is 18.1. The molecule has 5 nitrogen and oxygen atoms in total. The van der Waals surface area contributed by atoms with E-state index in [0.29, 0.717) is 25.3 Å². The number of hydrogen-bond acceptors (Lipinski definition) is 3. The number of benzene rings is 2. The number of aryl methyl sites for hydroxylation is 3. The van der Waals surface area contributed by atoms with Gasteiger partial charge in [0.25, 0.3) is 5.91 Å². The lowest BCUT2D eigenvalue weighted by Crippen LogP contribution is -2.50. The first-order valence-electron chi connectivity index (χ1n) is 10.2. The van der Waals surface area contributed by atoms with Crippen LogP contribution in [0.5, 0.6) is 5.75 Å². The maximum atomic E-state index is 13.1. The molecule has 0 aliphatic rings. The highest BCUT2D eigenvalue weighted by Crippen LogP contribution is 2.18. The van der Waals surface area contributed by atoms with Crippen molar-refractivity contribution in [3.8, 4) is 5.75 Å². The second kappa shape index (κ2) is 10.6. The fraction of sp³-hybridized carbons (Fsp3) is 0.417. The van der Waals surface area contributed by atoms with E-state index in [0.717, 1.165) is 22.3 Å². The summed E-state index contributed by atoms with van der Waals surface area (Å²) >= 11 is 0. The first kappa shape index (κ1) is 22.5. The molecule has 29 heavy (non-hydrogen) atoms. The minimum atomic E-state index is -0.536. The lowest BCUT2D eigenvalue weighted by Gasteiger charge is -2.30. The molecule has 2 rings (SSSR count). The molecule has 1 atom stereocenters. The van der Waals surface area contributed by atoms with Gasteiger partial charge in [-0.05, 0) is 62.9 Å². The van der Waals surface area contributed by atoms with E-state index in [4.69, 9.17) is 4.74 Å². The van der Waals surface area contributed by atoms with Gasteiger partial charge in [-0.25, -0.2) is 0 Å². The monoisotopic (exact) mass is 396 g/mol. The number of hydrogen-bond donors (Lipinski definition) is 1. The average Bonchev–Trinajstić information content (AvgIpc) is 2.67. The minimum Gasteiger partial charge on any atom is -0.484 e. The molecule has 1 N–H and O–H groups in total. The molecule has 0 aliphatic carbocycles. The Kier molecular flexibility index (Phi) is 8.25. The van der Waals surface area contributed by atoms with Crippen LogP contribution < -0.4 is 10.1 Å². The Hall–Kier alpha value is -2.82. The van der Waals surface area contributed by atoms with Crippen molar-refractivity contribution in [1.29, 1.82) is 0 Å². The summed E-state index contributed by atoms with van der Waals surface area (Å²) in [4.78, 5) is 27.3. The SMILES string of the molecule is CCNC(=O)[C@@H](CC)N(Cc1ccc(C)cc1)C(=O)COc1cc(C)cc(C)c1. The lowest BCUT2D eigenvalue weighted by molar-refractivity contribution is -0.142. The zero-order chi connectivity index (χ0) is 21.4. The Labute approximate surface area is 174 Å². The lowest BCUT2D eigenvalue weighted by atomic mass is 10.1. The number of ether oxygens (including phenoxy) is 1. The molecule has 5 heteroatoms. The van der Waals surface area contributed by atoms with Crippen LogP contribution in [0.25, 0.3) is 0 Å². The van der Waals surface area contributed by atoms with E-state index < -0.39 is 6.04 Å². The molecule has 0 radical (unpaired) electrons. The molecule has 0 bridgehead atoms. The number of carbonyl (C=O) groups is 2. The van der Waals surface area contributed by atoms with Crippen LogP contribution in [0.3, 0.4) is 0 Å². The van der Waals surface area contributed by atoms with E-state index in [1.165, 1.54) is 0 Å². The fourth-order valence-corrected chi connectivity index (χ4v) is 3.35. The van der Waals surface area contributed by atoms with E-state index >= 15 is 0 Å². The van der Waals surface area contributed by atoms with Gasteiger partial charge >= 0.3 is 0 Å². The molecule has 2 aromatic rings. The van der Waals surface area contributed by atoms with Gasteiger partial charge in [0, 0.05) is 13.1 Å². The Balaban J connectivity index is 2.20. The predicted molar refractivity (Wildman–Crippen MR) is 116 cm³/mol. The third kappa shape index (κ3) is 6.63. The highest BCUT2D eigenvalue weighted by Gasteiger charge is 2.28. The molecule has 0 saturated carbocycles. The molecule has 0 spiro atoms.